The zero-order valence-corrected chi connectivity index (χ0v) is 13.1. The average molecular weight is 316 g/mol. The van der Waals surface area contributed by atoms with Gasteiger partial charge >= 0.3 is 5.97 Å². The Balaban J connectivity index is 2.20. The standard InChI is InChI=1S/C15H16N4O2S/c1-3-21-14(20)12-10-16-15(22-2)18-13(12)19-17-9-11-7-5-4-6-8-11/h4-10H,3H2,1-2H3,(H,16,18,19). The fourth-order valence-corrected chi connectivity index (χ4v) is 1.96. The first kappa shape index (κ1) is 16.0. The summed E-state index contributed by atoms with van der Waals surface area (Å²) < 4.78 is 4.99. The molecule has 114 valence electrons. The number of benzene rings is 1. The van der Waals surface area contributed by atoms with E-state index in [-0.39, 0.29) is 12.2 Å². The Bertz CT molecular complexity index is 662. The number of aromatic nitrogens is 2. The molecular weight excluding hydrogens is 300 g/mol. The van der Waals surface area contributed by atoms with Crippen LogP contribution in [-0.2, 0) is 4.74 Å². The van der Waals surface area contributed by atoms with E-state index in [4.69, 9.17) is 4.74 Å². The quantitative estimate of drug-likeness (QED) is 0.290. The number of anilines is 1. The molecule has 1 aromatic carbocycles. The van der Waals surface area contributed by atoms with Crippen molar-refractivity contribution in [3.05, 3.63) is 47.7 Å². The van der Waals surface area contributed by atoms with Gasteiger partial charge in [-0.05, 0) is 18.7 Å². The van der Waals surface area contributed by atoms with Crippen LogP contribution in [0.15, 0.2) is 46.8 Å². The van der Waals surface area contributed by atoms with Gasteiger partial charge in [-0.15, -0.1) is 0 Å². The lowest BCUT2D eigenvalue weighted by Crippen LogP contribution is -2.10. The maximum atomic E-state index is 11.9. The predicted octanol–water partition coefficient (Wildman–Crippen LogP) is 2.82. The Hall–Kier alpha value is -2.41. The molecule has 0 aliphatic heterocycles. The highest BCUT2D eigenvalue weighted by Crippen LogP contribution is 2.17. The van der Waals surface area contributed by atoms with Crippen molar-refractivity contribution in [1.29, 1.82) is 0 Å². The van der Waals surface area contributed by atoms with Gasteiger partial charge in [-0.1, -0.05) is 42.1 Å². The van der Waals surface area contributed by atoms with Gasteiger partial charge in [-0.25, -0.2) is 14.8 Å². The van der Waals surface area contributed by atoms with Crippen LogP contribution in [0.25, 0.3) is 0 Å². The molecule has 0 amide bonds. The molecule has 2 aromatic rings. The van der Waals surface area contributed by atoms with Crippen molar-refractivity contribution in [2.24, 2.45) is 5.10 Å². The van der Waals surface area contributed by atoms with E-state index in [9.17, 15) is 4.79 Å². The summed E-state index contributed by atoms with van der Waals surface area (Å²) in [5.41, 5.74) is 3.97. The van der Waals surface area contributed by atoms with Crippen LogP contribution >= 0.6 is 11.8 Å². The summed E-state index contributed by atoms with van der Waals surface area (Å²) in [6.07, 6.45) is 4.95. The van der Waals surface area contributed by atoms with Gasteiger partial charge in [0.15, 0.2) is 11.0 Å². The first-order valence-electron chi connectivity index (χ1n) is 6.67. The van der Waals surface area contributed by atoms with Crippen molar-refractivity contribution >= 4 is 29.8 Å². The smallest absolute Gasteiger partial charge is 0.343 e. The highest BCUT2D eigenvalue weighted by atomic mass is 32.2. The number of ether oxygens (including phenoxy) is 1. The number of hydrogen-bond donors (Lipinski definition) is 1. The van der Waals surface area contributed by atoms with E-state index < -0.39 is 5.97 Å². The molecule has 0 atom stereocenters. The Morgan fingerprint density at radius 2 is 2.18 bits per heavy atom. The highest BCUT2D eigenvalue weighted by molar-refractivity contribution is 7.98. The van der Waals surface area contributed by atoms with E-state index in [0.29, 0.717) is 11.0 Å². The van der Waals surface area contributed by atoms with Crippen LogP contribution in [-0.4, -0.2) is 35.0 Å². The van der Waals surface area contributed by atoms with Gasteiger partial charge in [0, 0.05) is 6.20 Å². The number of nitrogens with zero attached hydrogens (tertiary/aromatic N) is 3. The third kappa shape index (κ3) is 4.29. The van der Waals surface area contributed by atoms with E-state index >= 15 is 0 Å². The van der Waals surface area contributed by atoms with E-state index in [2.05, 4.69) is 20.5 Å². The molecule has 22 heavy (non-hydrogen) atoms. The van der Waals surface area contributed by atoms with Crippen molar-refractivity contribution < 1.29 is 9.53 Å². The van der Waals surface area contributed by atoms with Crippen molar-refractivity contribution in [3.8, 4) is 0 Å². The van der Waals surface area contributed by atoms with Crippen LogP contribution < -0.4 is 5.43 Å². The summed E-state index contributed by atoms with van der Waals surface area (Å²) in [7, 11) is 0. The third-order valence-corrected chi connectivity index (χ3v) is 3.19. The van der Waals surface area contributed by atoms with Crippen LogP contribution in [0.2, 0.25) is 0 Å². The highest BCUT2D eigenvalue weighted by Gasteiger charge is 2.15. The lowest BCUT2D eigenvalue weighted by atomic mass is 10.2. The number of carbonyl (C=O) groups excluding carboxylic acids is 1. The Morgan fingerprint density at radius 1 is 1.41 bits per heavy atom. The maximum absolute atomic E-state index is 11.9. The second-order valence-corrected chi connectivity index (χ2v) is 4.89. The molecule has 1 heterocycles. The number of esters is 1. The molecule has 1 aromatic heterocycles. The topological polar surface area (TPSA) is 76.5 Å². The summed E-state index contributed by atoms with van der Waals surface area (Å²) in [6, 6.07) is 9.61. The van der Waals surface area contributed by atoms with Crippen LogP contribution in [0.4, 0.5) is 5.82 Å². The Labute approximate surface area is 133 Å². The number of thioether (sulfide) groups is 1. The minimum Gasteiger partial charge on any atom is -0.462 e. The van der Waals surface area contributed by atoms with Crippen LogP contribution in [0, 0.1) is 0 Å². The van der Waals surface area contributed by atoms with E-state index in [1.165, 1.54) is 18.0 Å². The number of rotatable bonds is 6. The molecule has 0 aliphatic carbocycles. The number of nitrogens with one attached hydrogen (secondary N) is 1. The fraction of sp³-hybridized carbons (Fsp3) is 0.200. The Kier molecular flexibility index (Phi) is 5.91. The molecule has 6 nitrogen and oxygen atoms in total. The second kappa shape index (κ2) is 8.14. The summed E-state index contributed by atoms with van der Waals surface area (Å²) in [6.45, 7) is 2.03. The summed E-state index contributed by atoms with van der Waals surface area (Å²) in [5.74, 6) is -0.155. The molecule has 2 rings (SSSR count). The minimum atomic E-state index is -0.479. The van der Waals surface area contributed by atoms with Gasteiger partial charge in [0.2, 0.25) is 0 Å². The molecule has 0 fully saturated rings. The summed E-state index contributed by atoms with van der Waals surface area (Å²) >= 11 is 1.38. The van der Waals surface area contributed by atoms with Crippen LogP contribution in [0.5, 0.6) is 0 Å². The summed E-state index contributed by atoms with van der Waals surface area (Å²) in [5, 5.41) is 4.65. The van der Waals surface area contributed by atoms with Crippen molar-refractivity contribution in [2.75, 3.05) is 18.3 Å². The third-order valence-electron chi connectivity index (χ3n) is 2.63. The van der Waals surface area contributed by atoms with Gasteiger partial charge in [-0.3, -0.25) is 5.43 Å². The molecule has 0 radical (unpaired) electrons. The first-order chi connectivity index (χ1) is 10.7. The number of carbonyl (C=O) groups is 1. The zero-order chi connectivity index (χ0) is 15.8. The van der Waals surface area contributed by atoms with E-state index in [1.54, 1.807) is 13.1 Å². The van der Waals surface area contributed by atoms with Gasteiger partial charge in [-0.2, -0.15) is 5.10 Å². The van der Waals surface area contributed by atoms with Crippen molar-refractivity contribution in [1.82, 2.24) is 9.97 Å². The lowest BCUT2D eigenvalue weighted by Gasteiger charge is -2.07. The van der Waals surface area contributed by atoms with Gasteiger partial charge in [0.25, 0.3) is 0 Å². The normalized spacial score (nSPS) is 10.6. The molecule has 0 saturated carbocycles. The van der Waals surface area contributed by atoms with Gasteiger partial charge < -0.3 is 4.74 Å². The number of hydrazone groups is 1. The minimum absolute atomic E-state index is 0.255. The lowest BCUT2D eigenvalue weighted by molar-refractivity contribution is 0.0526. The monoisotopic (exact) mass is 316 g/mol. The van der Waals surface area contributed by atoms with Gasteiger partial charge in [0.05, 0.1) is 12.8 Å². The molecule has 7 heteroatoms. The van der Waals surface area contributed by atoms with E-state index in [0.717, 1.165) is 5.56 Å². The molecule has 0 aliphatic rings. The largest absolute Gasteiger partial charge is 0.462 e. The summed E-state index contributed by atoms with van der Waals surface area (Å²) in [4.78, 5) is 20.2. The number of hydrogen-bond acceptors (Lipinski definition) is 7. The van der Waals surface area contributed by atoms with Crippen LogP contribution in [0.3, 0.4) is 0 Å². The maximum Gasteiger partial charge on any atom is 0.343 e. The molecule has 1 N–H and O–H groups in total. The predicted molar refractivity (Wildman–Crippen MR) is 87.4 cm³/mol. The molecule has 0 unspecified atom stereocenters. The van der Waals surface area contributed by atoms with Crippen LogP contribution in [0.1, 0.15) is 22.8 Å². The van der Waals surface area contributed by atoms with Crippen molar-refractivity contribution in [2.45, 2.75) is 12.1 Å². The first-order valence-corrected chi connectivity index (χ1v) is 7.89. The molecule has 0 saturated heterocycles. The Morgan fingerprint density at radius 3 is 2.86 bits per heavy atom. The molecule has 0 bridgehead atoms. The average Bonchev–Trinajstić information content (AvgIpc) is 2.56. The van der Waals surface area contributed by atoms with E-state index in [1.807, 2.05) is 36.6 Å². The second-order valence-electron chi connectivity index (χ2n) is 4.12. The van der Waals surface area contributed by atoms with Crippen molar-refractivity contribution in [3.63, 3.8) is 0 Å². The van der Waals surface area contributed by atoms with Gasteiger partial charge in [0.1, 0.15) is 5.56 Å². The fourth-order valence-electron chi connectivity index (χ4n) is 1.61. The SMILES string of the molecule is CCOC(=O)c1cnc(SC)nc1NN=Cc1ccccc1. The molecular formula is C15H16N4O2S. The zero-order valence-electron chi connectivity index (χ0n) is 12.3. The molecule has 0 spiro atoms.